The van der Waals surface area contributed by atoms with Gasteiger partial charge in [-0.3, -0.25) is 4.79 Å². The van der Waals surface area contributed by atoms with Gasteiger partial charge in [-0.1, -0.05) is 37.3 Å². The molecule has 3 rings (SSSR count). The van der Waals surface area contributed by atoms with Crippen LogP contribution in [-0.4, -0.2) is 32.6 Å². The van der Waals surface area contributed by atoms with E-state index in [4.69, 9.17) is 4.74 Å². The van der Waals surface area contributed by atoms with Crippen molar-refractivity contribution in [1.29, 1.82) is 5.26 Å². The number of carbonyl (C=O) groups is 2. The van der Waals surface area contributed by atoms with Gasteiger partial charge in [0.15, 0.2) is 6.61 Å². The molecule has 0 aliphatic rings. The number of nitrogens with zero attached hydrogens (tertiary/aromatic N) is 4. The lowest BCUT2D eigenvalue weighted by molar-refractivity contribution is -0.144. The molecule has 176 valence electrons. The zero-order chi connectivity index (χ0) is 24.7. The van der Waals surface area contributed by atoms with E-state index < -0.39 is 24.5 Å². The van der Waals surface area contributed by atoms with Gasteiger partial charge in [-0.05, 0) is 43.5 Å². The Hall–Kier alpha value is -4.12. The molecule has 0 radical (unpaired) electrons. The number of amides is 1. The fourth-order valence-corrected chi connectivity index (χ4v) is 3.84. The first-order valence-corrected chi connectivity index (χ1v) is 11.1. The number of nitriles is 1. The molecule has 0 saturated heterocycles. The quantitative estimate of drug-likeness (QED) is 0.299. The summed E-state index contributed by atoms with van der Waals surface area (Å²) in [6.45, 7) is 6.37. The van der Waals surface area contributed by atoms with E-state index in [1.54, 1.807) is 12.4 Å². The lowest BCUT2D eigenvalue weighted by atomic mass is 10.1. The number of benzene rings is 1. The third-order valence-corrected chi connectivity index (χ3v) is 5.59. The van der Waals surface area contributed by atoms with E-state index in [1.165, 1.54) is 6.08 Å². The van der Waals surface area contributed by atoms with Crippen molar-refractivity contribution in [2.75, 3.05) is 6.61 Å². The molecule has 1 atom stereocenters. The fourth-order valence-electron chi connectivity index (χ4n) is 3.84. The minimum absolute atomic E-state index is 0.159. The van der Waals surface area contributed by atoms with Crippen LogP contribution in [0, 0.1) is 25.2 Å². The molecular formula is C26H29N5O3. The highest BCUT2D eigenvalue weighted by molar-refractivity contribution is 5.99. The van der Waals surface area contributed by atoms with Crippen LogP contribution in [0.25, 0.3) is 6.08 Å². The van der Waals surface area contributed by atoms with Crippen LogP contribution >= 0.6 is 0 Å². The van der Waals surface area contributed by atoms with Gasteiger partial charge in [-0.25, -0.2) is 9.78 Å². The monoisotopic (exact) mass is 459 g/mol. The molecule has 1 aromatic carbocycles. The zero-order valence-electron chi connectivity index (χ0n) is 19.9. The van der Waals surface area contributed by atoms with Gasteiger partial charge in [0, 0.05) is 37.4 Å². The molecule has 1 unspecified atom stereocenters. The Morgan fingerprint density at radius 2 is 2.00 bits per heavy atom. The molecule has 34 heavy (non-hydrogen) atoms. The van der Waals surface area contributed by atoms with Gasteiger partial charge < -0.3 is 19.2 Å². The number of aromatic nitrogens is 3. The highest BCUT2D eigenvalue weighted by Gasteiger charge is 2.22. The van der Waals surface area contributed by atoms with Crippen molar-refractivity contribution < 1.29 is 14.3 Å². The topological polar surface area (TPSA) is 102 Å². The molecular weight excluding hydrogens is 430 g/mol. The fraction of sp³-hybridized carbons (Fsp3) is 0.308. The number of imidazole rings is 1. The van der Waals surface area contributed by atoms with Crippen LogP contribution in [0.4, 0.5) is 0 Å². The van der Waals surface area contributed by atoms with Gasteiger partial charge in [0.05, 0.1) is 0 Å². The summed E-state index contributed by atoms with van der Waals surface area (Å²) < 4.78 is 9.12. The Bertz CT molecular complexity index is 1230. The van der Waals surface area contributed by atoms with Crippen LogP contribution < -0.4 is 5.32 Å². The molecule has 2 heterocycles. The Morgan fingerprint density at radius 1 is 1.26 bits per heavy atom. The molecule has 0 bridgehead atoms. The second-order valence-electron chi connectivity index (χ2n) is 8.03. The highest BCUT2D eigenvalue weighted by Crippen LogP contribution is 2.21. The molecule has 0 saturated carbocycles. The minimum atomic E-state index is -0.841. The third-order valence-electron chi connectivity index (χ3n) is 5.59. The van der Waals surface area contributed by atoms with Crippen LogP contribution in [-0.2, 0) is 27.9 Å². The largest absolute Gasteiger partial charge is 0.451 e. The molecule has 0 spiro atoms. The smallest absolute Gasteiger partial charge is 0.349 e. The van der Waals surface area contributed by atoms with Gasteiger partial charge in [-0.15, -0.1) is 0 Å². The van der Waals surface area contributed by atoms with Crippen molar-refractivity contribution in [1.82, 2.24) is 19.4 Å². The van der Waals surface area contributed by atoms with Crippen molar-refractivity contribution in [3.8, 4) is 6.07 Å². The number of aryl methyl sites for hydroxylation is 2. The molecule has 0 fully saturated rings. The summed E-state index contributed by atoms with van der Waals surface area (Å²) in [6.07, 6.45) is 5.93. The summed E-state index contributed by atoms with van der Waals surface area (Å²) in [5, 5.41) is 12.4. The number of rotatable bonds is 9. The SMILES string of the molecule is CCCn1c(C)cc(/C=C(\C#N)C(=O)OCC(=O)NC(c2ccccc2)c2nccn2C)c1C. The van der Waals surface area contributed by atoms with Gasteiger partial charge in [-0.2, -0.15) is 5.26 Å². The zero-order valence-corrected chi connectivity index (χ0v) is 19.9. The predicted octanol–water partition coefficient (Wildman–Crippen LogP) is 3.60. The second-order valence-corrected chi connectivity index (χ2v) is 8.03. The van der Waals surface area contributed by atoms with Gasteiger partial charge in [0.1, 0.15) is 23.5 Å². The first kappa shape index (κ1) is 24.5. The molecule has 8 heteroatoms. The summed E-state index contributed by atoms with van der Waals surface area (Å²) in [7, 11) is 1.84. The Morgan fingerprint density at radius 3 is 2.62 bits per heavy atom. The average molecular weight is 460 g/mol. The maximum Gasteiger partial charge on any atom is 0.349 e. The molecule has 2 aromatic heterocycles. The summed E-state index contributed by atoms with van der Waals surface area (Å²) in [6, 6.07) is 12.7. The van der Waals surface area contributed by atoms with Crippen LogP contribution in [0.3, 0.4) is 0 Å². The van der Waals surface area contributed by atoms with E-state index in [-0.39, 0.29) is 5.57 Å². The standard InChI is InChI=1S/C26H29N5O3/c1-5-12-31-18(2)14-21(19(31)3)15-22(16-27)26(33)34-17-23(32)29-24(20-9-7-6-8-10-20)25-28-11-13-30(25)4/h6-11,13-15,24H,5,12,17H2,1-4H3,(H,29,32)/b22-15+. The van der Waals surface area contributed by atoms with Gasteiger partial charge in [0.25, 0.3) is 5.91 Å². The van der Waals surface area contributed by atoms with E-state index in [2.05, 4.69) is 21.8 Å². The Kier molecular flexibility index (Phi) is 8.04. The number of nitrogens with one attached hydrogen (secondary N) is 1. The number of hydrogen-bond donors (Lipinski definition) is 1. The maximum atomic E-state index is 12.6. The van der Waals surface area contributed by atoms with E-state index in [9.17, 15) is 14.9 Å². The minimum Gasteiger partial charge on any atom is -0.451 e. The van der Waals surface area contributed by atoms with Crippen molar-refractivity contribution in [2.45, 2.75) is 39.8 Å². The second kappa shape index (κ2) is 11.1. The number of ether oxygens (including phenoxy) is 1. The van der Waals surface area contributed by atoms with Crippen LogP contribution in [0.5, 0.6) is 0 Å². The van der Waals surface area contributed by atoms with Crippen LogP contribution in [0.2, 0.25) is 0 Å². The highest BCUT2D eigenvalue weighted by atomic mass is 16.5. The van der Waals surface area contributed by atoms with Gasteiger partial charge >= 0.3 is 5.97 Å². The first-order valence-electron chi connectivity index (χ1n) is 11.1. The van der Waals surface area contributed by atoms with Crippen LogP contribution in [0.1, 0.15) is 47.7 Å². The molecule has 0 aliphatic carbocycles. The lowest BCUT2D eigenvalue weighted by Crippen LogP contribution is -2.34. The lowest BCUT2D eigenvalue weighted by Gasteiger charge is -2.19. The molecule has 0 aliphatic heterocycles. The molecule has 1 N–H and O–H groups in total. The van der Waals surface area contributed by atoms with Crippen molar-refractivity contribution in [3.05, 3.63) is 82.7 Å². The number of carbonyl (C=O) groups excluding carboxylic acids is 2. The number of esters is 1. The summed E-state index contributed by atoms with van der Waals surface area (Å²) >= 11 is 0. The molecule has 3 aromatic rings. The Balaban J connectivity index is 1.70. The molecule has 1 amide bonds. The molecule has 8 nitrogen and oxygen atoms in total. The third kappa shape index (κ3) is 5.62. The van der Waals surface area contributed by atoms with Crippen molar-refractivity contribution in [3.63, 3.8) is 0 Å². The average Bonchev–Trinajstić information content (AvgIpc) is 3.37. The number of hydrogen-bond acceptors (Lipinski definition) is 5. The predicted molar refractivity (Wildman–Crippen MR) is 128 cm³/mol. The summed E-state index contributed by atoms with van der Waals surface area (Å²) in [4.78, 5) is 29.5. The Labute approximate surface area is 199 Å². The summed E-state index contributed by atoms with van der Waals surface area (Å²) in [5.74, 6) is -0.694. The maximum absolute atomic E-state index is 12.6. The van der Waals surface area contributed by atoms with E-state index in [1.807, 2.05) is 67.9 Å². The van der Waals surface area contributed by atoms with Crippen molar-refractivity contribution in [2.24, 2.45) is 7.05 Å². The summed E-state index contributed by atoms with van der Waals surface area (Å²) in [5.41, 5.74) is 3.49. The normalized spacial score (nSPS) is 12.1. The first-order chi connectivity index (χ1) is 16.3. The van der Waals surface area contributed by atoms with Gasteiger partial charge in [0.2, 0.25) is 0 Å². The van der Waals surface area contributed by atoms with Crippen LogP contribution in [0.15, 0.2) is 54.4 Å². The van der Waals surface area contributed by atoms with Crippen molar-refractivity contribution >= 4 is 18.0 Å². The van der Waals surface area contributed by atoms with E-state index in [0.717, 1.165) is 35.5 Å². The van der Waals surface area contributed by atoms with E-state index in [0.29, 0.717) is 5.82 Å². The van der Waals surface area contributed by atoms with E-state index >= 15 is 0 Å².